The third kappa shape index (κ3) is 2.01. The molecule has 0 aromatic rings. The van der Waals surface area contributed by atoms with E-state index in [-0.39, 0.29) is 6.04 Å². The second kappa shape index (κ2) is 4.10. The van der Waals surface area contributed by atoms with Crippen LogP contribution in [0.25, 0.3) is 0 Å². The summed E-state index contributed by atoms with van der Waals surface area (Å²) >= 11 is 0. The Labute approximate surface area is 91.4 Å². The van der Waals surface area contributed by atoms with E-state index >= 15 is 0 Å². The van der Waals surface area contributed by atoms with Gasteiger partial charge in [0.05, 0.1) is 6.04 Å². The molecule has 0 aromatic carbocycles. The molecule has 2 rings (SSSR count). The summed E-state index contributed by atoms with van der Waals surface area (Å²) in [6, 6.07) is 0.874. The first-order valence-corrected chi connectivity index (χ1v) is 5.91. The van der Waals surface area contributed by atoms with Crippen LogP contribution in [0.3, 0.4) is 0 Å². The van der Waals surface area contributed by atoms with Crippen molar-refractivity contribution >= 4 is 5.91 Å². The van der Waals surface area contributed by atoms with Crippen molar-refractivity contribution in [1.82, 2.24) is 9.80 Å². The standard InChI is InChI=1S/C11H21N3O/c1-8(7-12)13-5-6-14(10-3-4-10)11(15)9(13)2/h8-10H,3-7,12H2,1-2H3. The van der Waals surface area contributed by atoms with Gasteiger partial charge < -0.3 is 10.6 Å². The average Bonchev–Trinajstić information content (AvgIpc) is 3.04. The number of rotatable bonds is 3. The zero-order valence-corrected chi connectivity index (χ0v) is 9.65. The molecule has 1 amide bonds. The molecule has 1 aliphatic heterocycles. The van der Waals surface area contributed by atoms with Crippen LogP contribution in [-0.4, -0.2) is 53.5 Å². The number of piperazine rings is 1. The van der Waals surface area contributed by atoms with E-state index < -0.39 is 0 Å². The molecule has 2 fully saturated rings. The average molecular weight is 211 g/mol. The summed E-state index contributed by atoms with van der Waals surface area (Å²) in [7, 11) is 0. The predicted molar refractivity (Wildman–Crippen MR) is 59.4 cm³/mol. The zero-order valence-electron chi connectivity index (χ0n) is 9.65. The molecule has 2 atom stereocenters. The fraction of sp³-hybridized carbons (Fsp3) is 0.909. The lowest BCUT2D eigenvalue weighted by Gasteiger charge is -2.42. The van der Waals surface area contributed by atoms with Crippen LogP contribution in [0.4, 0.5) is 0 Å². The molecule has 15 heavy (non-hydrogen) atoms. The smallest absolute Gasteiger partial charge is 0.239 e. The summed E-state index contributed by atoms with van der Waals surface area (Å²) in [6.45, 7) is 6.58. The van der Waals surface area contributed by atoms with Crippen LogP contribution in [0.2, 0.25) is 0 Å². The molecule has 0 radical (unpaired) electrons. The number of carbonyl (C=O) groups excluding carboxylic acids is 1. The molecule has 0 spiro atoms. The summed E-state index contributed by atoms with van der Waals surface area (Å²) < 4.78 is 0. The van der Waals surface area contributed by atoms with Gasteiger partial charge in [-0.15, -0.1) is 0 Å². The van der Waals surface area contributed by atoms with Crippen LogP contribution in [0.5, 0.6) is 0 Å². The van der Waals surface area contributed by atoms with Gasteiger partial charge in [0.2, 0.25) is 5.91 Å². The van der Waals surface area contributed by atoms with Crippen molar-refractivity contribution in [2.75, 3.05) is 19.6 Å². The van der Waals surface area contributed by atoms with E-state index in [4.69, 9.17) is 5.73 Å². The minimum absolute atomic E-state index is 0.0119. The highest BCUT2D eigenvalue weighted by molar-refractivity contribution is 5.82. The summed E-state index contributed by atoms with van der Waals surface area (Å²) in [5, 5.41) is 0. The Balaban J connectivity index is 2.00. The highest BCUT2D eigenvalue weighted by Gasteiger charge is 2.40. The zero-order chi connectivity index (χ0) is 11.0. The molecule has 4 heteroatoms. The van der Waals surface area contributed by atoms with Gasteiger partial charge in [-0.25, -0.2) is 0 Å². The number of nitrogens with two attached hydrogens (primary N) is 1. The van der Waals surface area contributed by atoms with E-state index in [9.17, 15) is 4.79 Å². The van der Waals surface area contributed by atoms with Crippen molar-refractivity contribution in [2.45, 2.75) is 44.8 Å². The minimum Gasteiger partial charge on any atom is -0.337 e. The molecule has 2 N–H and O–H groups in total. The molecular formula is C11H21N3O. The molecule has 1 heterocycles. The Morgan fingerprint density at radius 1 is 1.47 bits per heavy atom. The van der Waals surface area contributed by atoms with Gasteiger partial charge in [0.15, 0.2) is 0 Å². The second-order valence-electron chi connectivity index (χ2n) is 4.76. The summed E-state index contributed by atoms with van der Waals surface area (Å²) in [4.78, 5) is 16.4. The third-order valence-corrected chi connectivity index (χ3v) is 3.63. The number of hydrogen-bond acceptors (Lipinski definition) is 3. The fourth-order valence-electron chi connectivity index (χ4n) is 2.40. The number of carbonyl (C=O) groups is 1. The van der Waals surface area contributed by atoms with Gasteiger partial charge in [0.1, 0.15) is 0 Å². The van der Waals surface area contributed by atoms with Gasteiger partial charge in [-0.05, 0) is 26.7 Å². The van der Waals surface area contributed by atoms with E-state index in [0.717, 1.165) is 13.1 Å². The highest BCUT2D eigenvalue weighted by atomic mass is 16.2. The maximum absolute atomic E-state index is 12.1. The van der Waals surface area contributed by atoms with Crippen molar-refractivity contribution in [3.63, 3.8) is 0 Å². The van der Waals surface area contributed by atoms with Crippen LogP contribution >= 0.6 is 0 Å². The Morgan fingerprint density at radius 2 is 2.13 bits per heavy atom. The summed E-state index contributed by atoms with van der Waals surface area (Å²) in [6.07, 6.45) is 2.40. The van der Waals surface area contributed by atoms with Crippen molar-refractivity contribution in [3.05, 3.63) is 0 Å². The molecule has 86 valence electrons. The largest absolute Gasteiger partial charge is 0.337 e. The Kier molecular flexibility index (Phi) is 2.98. The molecule has 2 unspecified atom stereocenters. The van der Waals surface area contributed by atoms with E-state index in [1.165, 1.54) is 12.8 Å². The van der Waals surface area contributed by atoms with E-state index in [1.807, 2.05) is 6.92 Å². The van der Waals surface area contributed by atoms with E-state index in [0.29, 0.717) is 24.5 Å². The summed E-state index contributed by atoms with van der Waals surface area (Å²) in [5.74, 6) is 0.295. The van der Waals surface area contributed by atoms with Crippen molar-refractivity contribution < 1.29 is 4.79 Å². The molecule has 0 aromatic heterocycles. The molecule has 1 saturated heterocycles. The third-order valence-electron chi connectivity index (χ3n) is 3.63. The molecular weight excluding hydrogens is 190 g/mol. The van der Waals surface area contributed by atoms with Gasteiger partial charge >= 0.3 is 0 Å². The topological polar surface area (TPSA) is 49.6 Å². The second-order valence-corrected chi connectivity index (χ2v) is 4.76. The van der Waals surface area contributed by atoms with Crippen LogP contribution in [-0.2, 0) is 4.79 Å². The Morgan fingerprint density at radius 3 is 2.67 bits per heavy atom. The minimum atomic E-state index is 0.0119. The normalized spacial score (nSPS) is 30.7. The summed E-state index contributed by atoms with van der Waals surface area (Å²) in [5.41, 5.74) is 5.65. The quantitative estimate of drug-likeness (QED) is 0.716. The SMILES string of the molecule is CC(CN)N1CCN(C2CC2)C(=O)C1C. The van der Waals surface area contributed by atoms with Gasteiger partial charge in [-0.2, -0.15) is 0 Å². The Bertz CT molecular complexity index is 252. The Hall–Kier alpha value is -0.610. The fourth-order valence-corrected chi connectivity index (χ4v) is 2.40. The first kappa shape index (κ1) is 10.9. The van der Waals surface area contributed by atoms with E-state index in [1.54, 1.807) is 0 Å². The van der Waals surface area contributed by atoms with Crippen LogP contribution in [0, 0.1) is 0 Å². The van der Waals surface area contributed by atoms with Gasteiger partial charge in [-0.3, -0.25) is 9.69 Å². The van der Waals surface area contributed by atoms with Crippen LogP contribution < -0.4 is 5.73 Å². The van der Waals surface area contributed by atoms with Gasteiger partial charge in [-0.1, -0.05) is 0 Å². The van der Waals surface area contributed by atoms with Gasteiger partial charge in [0.25, 0.3) is 0 Å². The maximum Gasteiger partial charge on any atom is 0.239 e. The lowest BCUT2D eigenvalue weighted by molar-refractivity contribution is -0.142. The monoisotopic (exact) mass is 211 g/mol. The van der Waals surface area contributed by atoms with Crippen LogP contribution in [0.1, 0.15) is 26.7 Å². The predicted octanol–water partition coefficient (Wildman–Crippen LogP) is 0.0287. The lowest BCUT2D eigenvalue weighted by atomic mass is 10.1. The highest BCUT2D eigenvalue weighted by Crippen LogP contribution is 2.29. The van der Waals surface area contributed by atoms with E-state index in [2.05, 4.69) is 16.7 Å². The van der Waals surface area contributed by atoms with Crippen molar-refractivity contribution in [1.29, 1.82) is 0 Å². The van der Waals surface area contributed by atoms with Crippen molar-refractivity contribution in [2.24, 2.45) is 5.73 Å². The number of hydrogen-bond donors (Lipinski definition) is 1. The maximum atomic E-state index is 12.1. The molecule has 1 aliphatic carbocycles. The number of amides is 1. The molecule has 1 saturated carbocycles. The first-order valence-electron chi connectivity index (χ1n) is 5.91. The first-order chi connectivity index (χ1) is 7.15. The lowest BCUT2D eigenvalue weighted by Crippen LogP contribution is -2.59. The van der Waals surface area contributed by atoms with Gasteiger partial charge in [0, 0.05) is 31.7 Å². The number of nitrogens with zero attached hydrogens (tertiary/aromatic N) is 2. The van der Waals surface area contributed by atoms with Crippen molar-refractivity contribution in [3.8, 4) is 0 Å². The van der Waals surface area contributed by atoms with Crippen LogP contribution in [0.15, 0.2) is 0 Å². The molecule has 2 aliphatic rings. The molecule has 4 nitrogen and oxygen atoms in total. The molecule has 0 bridgehead atoms.